The number of aromatic nitrogens is 1. The van der Waals surface area contributed by atoms with E-state index in [4.69, 9.17) is 9.47 Å². The van der Waals surface area contributed by atoms with Gasteiger partial charge in [0.2, 0.25) is 5.91 Å². The van der Waals surface area contributed by atoms with Gasteiger partial charge in [0.15, 0.2) is 6.29 Å². The van der Waals surface area contributed by atoms with Crippen molar-refractivity contribution < 1.29 is 18.7 Å². The lowest BCUT2D eigenvalue weighted by atomic mass is 10.1. The van der Waals surface area contributed by atoms with Gasteiger partial charge in [0, 0.05) is 5.39 Å². The Kier molecular flexibility index (Phi) is 3.81. The number of carbonyl (C=O) groups is 1. The summed E-state index contributed by atoms with van der Waals surface area (Å²) < 4.78 is 24.1. The Morgan fingerprint density at radius 3 is 2.95 bits per heavy atom. The van der Waals surface area contributed by atoms with Crippen LogP contribution in [0.1, 0.15) is 12.1 Å². The lowest BCUT2D eigenvalue weighted by Gasteiger charge is -2.12. The molecule has 0 unspecified atom stereocenters. The summed E-state index contributed by atoms with van der Waals surface area (Å²) in [7, 11) is 0. The van der Waals surface area contributed by atoms with Crippen molar-refractivity contribution in [2.75, 3.05) is 18.5 Å². The number of aryl methyl sites for hydroxylation is 1. The number of nitrogens with zero attached hydrogens (tertiary/aromatic N) is 1. The van der Waals surface area contributed by atoms with Crippen molar-refractivity contribution in [2.45, 2.75) is 19.6 Å². The number of fused-ring (bicyclic) bond motifs is 1. The zero-order chi connectivity index (χ0) is 14.8. The van der Waals surface area contributed by atoms with Gasteiger partial charge in [0.05, 0.1) is 31.0 Å². The minimum Gasteiger partial charge on any atom is -0.350 e. The molecule has 110 valence electrons. The fourth-order valence-electron chi connectivity index (χ4n) is 2.26. The topological polar surface area (TPSA) is 60.5 Å². The highest BCUT2D eigenvalue weighted by Gasteiger charge is 2.20. The highest BCUT2D eigenvalue weighted by atomic mass is 19.1. The summed E-state index contributed by atoms with van der Waals surface area (Å²) in [5.74, 6) is -0.594. The fourth-order valence-corrected chi connectivity index (χ4v) is 2.26. The molecule has 1 aromatic carbocycles. The van der Waals surface area contributed by atoms with Crippen LogP contribution >= 0.6 is 0 Å². The summed E-state index contributed by atoms with van der Waals surface area (Å²) >= 11 is 0. The van der Waals surface area contributed by atoms with Crippen LogP contribution in [0.2, 0.25) is 0 Å². The minimum absolute atomic E-state index is 0.126. The molecule has 1 aromatic heterocycles. The number of halogens is 1. The van der Waals surface area contributed by atoms with E-state index in [0.717, 1.165) is 0 Å². The first-order valence-corrected chi connectivity index (χ1v) is 6.72. The number of carbonyl (C=O) groups excluding carboxylic acids is 1. The number of benzene rings is 1. The van der Waals surface area contributed by atoms with E-state index in [1.807, 2.05) is 0 Å². The molecule has 21 heavy (non-hydrogen) atoms. The molecule has 1 saturated heterocycles. The standard InChI is InChI=1S/C15H15FN2O3/c1-9-12(18-13(19)8-14-20-5-6-21-14)7-10-3-2-4-11(16)15(10)17-9/h2-4,7,14H,5-6,8H2,1H3,(H,18,19). The Morgan fingerprint density at radius 2 is 2.19 bits per heavy atom. The monoisotopic (exact) mass is 290 g/mol. The summed E-state index contributed by atoms with van der Waals surface area (Å²) in [6.45, 7) is 2.74. The van der Waals surface area contributed by atoms with Gasteiger partial charge in [-0.1, -0.05) is 12.1 Å². The van der Waals surface area contributed by atoms with Crippen molar-refractivity contribution >= 4 is 22.5 Å². The highest BCUT2D eigenvalue weighted by molar-refractivity contribution is 5.94. The van der Waals surface area contributed by atoms with Crippen molar-refractivity contribution in [3.8, 4) is 0 Å². The number of pyridine rings is 1. The Labute approximate surface area is 121 Å². The van der Waals surface area contributed by atoms with E-state index < -0.39 is 6.29 Å². The van der Waals surface area contributed by atoms with E-state index in [-0.39, 0.29) is 18.1 Å². The molecule has 0 saturated carbocycles. The molecule has 3 rings (SSSR count). The van der Waals surface area contributed by atoms with Crippen LogP contribution in [0.4, 0.5) is 10.1 Å². The van der Waals surface area contributed by atoms with Crippen molar-refractivity contribution in [3.05, 3.63) is 35.8 Å². The molecule has 0 bridgehead atoms. The molecule has 2 aromatic rings. The van der Waals surface area contributed by atoms with Crippen LogP contribution in [-0.2, 0) is 14.3 Å². The second-order valence-electron chi connectivity index (χ2n) is 4.86. The molecule has 0 atom stereocenters. The maximum Gasteiger partial charge on any atom is 0.229 e. The summed E-state index contributed by atoms with van der Waals surface area (Å²) in [6.07, 6.45) is -0.364. The van der Waals surface area contributed by atoms with Gasteiger partial charge in [-0.2, -0.15) is 0 Å². The number of hydrogen-bond donors (Lipinski definition) is 1. The molecule has 1 fully saturated rings. The molecule has 0 radical (unpaired) electrons. The van der Waals surface area contributed by atoms with E-state index in [0.29, 0.717) is 35.5 Å². The predicted octanol–water partition coefficient (Wildman–Crippen LogP) is 2.38. The number of para-hydroxylation sites is 1. The number of nitrogens with one attached hydrogen (secondary N) is 1. The Balaban J connectivity index is 1.80. The van der Waals surface area contributed by atoms with E-state index in [9.17, 15) is 9.18 Å². The Hall–Kier alpha value is -2.05. The average molecular weight is 290 g/mol. The van der Waals surface area contributed by atoms with Gasteiger partial charge in [-0.05, 0) is 19.1 Å². The molecule has 0 aliphatic carbocycles. The summed E-state index contributed by atoms with van der Waals surface area (Å²) in [5, 5.41) is 3.41. The number of hydrogen-bond acceptors (Lipinski definition) is 4. The van der Waals surface area contributed by atoms with Crippen LogP contribution in [0.25, 0.3) is 10.9 Å². The molecule has 1 amide bonds. The molecule has 1 N–H and O–H groups in total. The molecule has 0 spiro atoms. The highest BCUT2D eigenvalue weighted by Crippen LogP contribution is 2.23. The van der Waals surface area contributed by atoms with Gasteiger partial charge in [0.25, 0.3) is 0 Å². The van der Waals surface area contributed by atoms with Crippen molar-refractivity contribution in [2.24, 2.45) is 0 Å². The van der Waals surface area contributed by atoms with Gasteiger partial charge in [-0.25, -0.2) is 9.37 Å². The molecule has 1 aliphatic heterocycles. The van der Waals surface area contributed by atoms with Crippen LogP contribution < -0.4 is 5.32 Å². The van der Waals surface area contributed by atoms with Gasteiger partial charge >= 0.3 is 0 Å². The van der Waals surface area contributed by atoms with Crippen LogP contribution in [0.15, 0.2) is 24.3 Å². The summed E-state index contributed by atoms with van der Waals surface area (Å²) in [5.41, 5.74) is 1.43. The van der Waals surface area contributed by atoms with Gasteiger partial charge in [-0.3, -0.25) is 4.79 Å². The van der Waals surface area contributed by atoms with Crippen LogP contribution in [0, 0.1) is 12.7 Å². The first kappa shape index (κ1) is 13.9. The quantitative estimate of drug-likeness (QED) is 0.943. The predicted molar refractivity (Wildman–Crippen MR) is 75.4 cm³/mol. The van der Waals surface area contributed by atoms with Crippen LogP contribution in [0.5, 0.6) is 0 Å². The van der Waals surface area contributed by atoms with E-state index in [2.05, 4.69) is 10.3 Å². The maximum atomic E-state index is 13.6. The Bertz CT molecular complexity index is 684. The van der Waals surface area contributed by atoms with Crippen molar-refractivity contribution in [3.63, 3.8) is 0 Å². The zero-order valence-electron chi connectivity index (χ0n) is 11.6. The van der Waals surface area contributed by atoms with Gasteiger partial charge in [0.1, 0.15) is 11.3 Å². The number of rotatable bonds is 3. The Morgan fingerprint density at radius 1 is 1.43 bits per heavy atom. The molecule has 2 heterocycles. The molecular formula is C15H15FN2O3. The first-order valence-electron chi connectivity index (χ1n) is 6.72. The largest absolute Gasteiger partial charge is 0.350 e. The van der Waals surface area contributed by atoms with Gasteiger partial charge < -0.3 is 14.8 Å². The third-order valence-electron chi connectivity index (χ3n) is 3.30. The maximum absolute atomic E-state index is 13.6. The van der Waals surface area contributed by atoms with Gasteiger partial charge in [-0.15, -0.1) is 0 Å². The second-order valence-corrected chi connectivity index (χ2v) is 4.86. The third-order valence-corrected chi connectivity index (χ3v) is 3.30. The number of amides is 1. The van der Waals surface area contributed by atoms with E-state index >= 15 is 0 Å². The zero-order valence-corrected chi connectivity index (χ0v) is 11.6. The van der Waals surface area contributed by atoms with Crippen molar-refractivity contribution in [1.29, 1.82) is 0 Å². The van der Waals surface area contributed by atoms with E-state index in [1.54, 1.807) is 25.1 Å². The van der Waals surface area contributed by atoms with Crippen LogP contribution in [-0.4, -0.2) is 30.4 Å². The SMILES string of the molecule is Cc1nc2c(F)cccc2cc1NC(=O)CC1OCCO1. The third kappa shape index (κ3) is 3.01. The van der Waals surface area contributed by atoms with Crippen LogP contribution in [0.3, 0.4) is 0 Å². The minimum atomic E-state index is -0.490. The lowest BCUT2D eigenvalue weighted by Crippen LogP contribution is -2.21. The van der Waals surface area contributed by atoms with Crippen molar-refractivity contribution in [1.82, 2.24) is 4.98 Å². The average Bonchev–Trinajstić information content (AvgIpc) is 2.93. The van der Waals surface area contributed by atoms with E-state index in [1.165, 1.54) is 6.07 Å². The summed E-state index contributed by atoms with van der Waals surface area (Å²) in [4.78, 5) is 16.2. The lowest BCUT2D eigenvalue weighted by molar-refractivity contribution is -0.124. The molecule has 6 heteroatoms. The normalized spacial score (nSPS) is 15.5. The fraction of sp³-hybridized carbons (Fsp3) is 0.333. The summed E-state index contributed by atoms with van der Waals surface area (Å²) in [6, 6.07) is 6.45. The first-order chi connectivity index (χ1) is 10.1. The smallest absolute Gasteiger partial charge is 0.229 e. The number of anilines is 1. The molecule has 1 aliphatic rings. The molecular weight excluding hydrogens is 275 g/mol. The molecule has 5 nitrogen and oxygen atoms in total. The number of ether oxygens (including phenoxy) is 2. The second kappa shape index (κ2) is 5.75.